The summed E-state index contributed by atoms with van der Waals surface area (Å²) in [5.41, 5.74) is 22.0. The molecule has 15 nitrogen and oxygen atoms in total. The van der Waals surface area contributed by atoms with Crippen LogP contribution >= 0.6 is 0 Å². The van der Waals surface area contributed by atoms with E-state index in [1.54, 1.807) is 0 Å². The highest BCUT2D eigenvalue weighted by Gasteiger charge is 2.29. The number of nitrogens with zero attached hydrogens (tertiary/aromatic N) is 2. The van der Waals surface area contributed by atoms with E-state index < -0.39 is 41.8 Å². The summed E-state index contributed by atoms with van der Waals surface area (Å²) in [5, 5.41) is 17.1. The van der Waals surface area contributed by atoms with Crippen molar-refractivity contribution in [3.63, 3.8) is 0 Å². The Hall–Kier alpha value is -3.72. The SMILES string of the molecule is NCCCCC(NC(=O)CN)C(=O)NC(CCCN=C(N)N)C(=O)NC(Cc1cnc[nH]1)C(=O)O. The number of nitrogens with two attached hydrogens (primary N) is 4. The quantitative estimate of drug-likeness (QED) is 0.0586. The van der Waals surface area contributed by atoms with Gasteiger partial charge < -0.3 is 49.0 Å². The van der Waals surface area contributed by atoms with Gasteiger partial charge in [0.25, 0.3) is 0 Å². The number of hydrogen-bond donors (Lipinski definition) is 9. The van der Waals surface area contributed by atoms with Crippen LogP contribution in [0.2, 0.25) is 0 Å². The van der Waals surface area contributed by atoms with Gasteiger partial charge in [-0.2, -0.15) is 0 Å². The number of aromatic amines is 1. The Balaban J connectivity index is 2.96. The van der Waals surface area contributed by atoms with Crippen LogP contribution in [0.25, 0.3) is 0 Å². The third-order valence-corrected chi connectivity index (χ3v) is 4.96. The van der Waals surface area contributed by atoms with Gasteiger partial charge in [0.2, 0.25) is 17.7 Å². The number of aliphatic carboxylic acids is 1. The van der Waals surface area contributed by atoms with Crippen LogP contribution in [0.4, 0.5) is 0 Å². The predicted molar refractivity (Wildman–Crippen MR) is 128 cm³/mol. The van der Waals surface area contributed by atoms with Crippen molar-refractivity contribution in [2.45, 2.75) is 56.7 Å². The van der Waals surface area contributed by atoms with Crippen LogP contribution in [0, 0.1) is 0 Å². The van der Waals surface area contributed by atoms with Gasteiger partial charge in [-0.3, -0.25) is 19.4 Å². The van der Waals surface area contributed by atoms with Crippen LogP contribution in [-0.2, 0) is 25.6 Å². The first-order valence-corrected chi connectivity index (χ1v) is 11.2. The number of hydrogen-bond acceptors (Lipinski definition) is 8. The lowest BCUT2D eigenvalue weighted by atomic mass is 10.1. The molecule has 0 aliphatic carbocycles. The minimum absolute atomic E-state index is 0.0377. The van der Waals surface area contributed by atoms with Gasteiger partial charge in [0.15, 0.2) is 5.96 Å². The summed E-state index contributed by atoms with van der Waals surface area (Å²) in [5.74, 6) is -3.22. The van der Waals surface area contributed by atoms with Crippen molar-refractivity contribution >= 4 is 29.7 Å². The van der Waals surface area contributed by atoms with Crippen molar-refractivity contribution in [1.82, 2.24) is 25.9 Å². The Labute approximate surface area is 202 Å². The second-order valence-corrected chi connectivity index (χ2v) is 7.80. The maximum atomic E-state index is 13.0. The van der Waals surface area contributed by atoms with Gasteiger partial charge in [-0.05, 0) is 38.6 Å². The minimum atomic E-state index is -1.27. The number of carbonyl (C=O) groups excluding carboxylic acids is 3. The molecule has 0 saturated carbocycles. The third-order valence-electron chi connectivity index (χ3n) is 4.96. The zero-order chi connectivity index (χ0) is 26.2. The summed E-state index contributed by atoms with van der Waals surface area (Å²) in [6.45, 7) is 0.307. The second-order valence-electron chi connectivity index (χ2n) is 7.80. The van der Waals surface area contributed by atoms with E-state index in [1.165, 1.54) is 12.5 Å². The number of nitrogens with one attached hydrogen (secondary N) is 4. The number of carbonyl (C=O) groups is 4. The molecule has 1 aromatic rings. The zero-order valence-electron chi connectivity index (χ0n) is 19.5. The van der Waals surface area contributed by atoms with Gasteiger partial charge in [-0.15, -0.1) is 0 Å². The monoisotopic (exact) mass is 496 g/mol. The van der Waals surface area contributed by atoms with Gasteiger partial charge in [-0.25, -0.2) is 9.78 Å². The smallest absolute Gasteiger partial charge is 0.326 e. The molecule has 35 heavy (non-hydrogen) atoms. The number of amides is 3. The first kappa shape index (κ1) is 29.3. The Kier molecular flexibility index (Phi) is 13.4. The van der Waals surface area contributed by atoms with Crippen LogP contribution < -0.4 is 38.9 Å². The van der Waals surface area contributed by atoms with E-state index in [-0.39, 0.29) is 38.3 Å². The number of rotatable bonds is 17. The first-order valence-electron chi connectivity index (χ1n) is 11.2. The summed E-state index contributed by atoms with van der Waals surface area (Å²) in [7, 11) is 0. The van der Waals surface area contributed by atoms with Gasteiger partial charge in [0.05, 0.1) is 12.9 Å². The number of unbranched alkanes of at least 4 members (excludes halogenated alkanes) is 1. The highest BCUT2D eigenvalue weighted by atomic mass is 16.4. The summed E-state index contributed by atoms with van der Waals surface area (Å²) < 4.78 is 0. The Bertz CT molecular complexity index is 841. The Morgan fingerprint density at radius 1 is 0.971 bits per heavy atom. The van der Waals surface area contributed by atoms with E-state index in [0.717, 1.165) is 0 Å². The summed E-state index contributed by atoms with van der Waals surface area (Å²) in [4.78, 5) is 59.9. The molecule has 3 amide bonds. The van der Waals surface area contributed by atoms with Crippen molar-refractivity contribution in [2.75, 3.05) is 19.6 Å². The number of guanidine groups is 1. The molecular formula is C20H36N10O5. The van der Waals surface area contributed by atoms with Crippen molar-refractivity contribution < 1.29 is 24.3 Å². The van der Waals surface area contributed by atoms with Crippen molar-refractivity contribution in [2.24, 2.45) is 27.9 Å². The predicted octanol–water partition coefficient (Wildman–Crippen LogP) is -3.37. The number of carboxylic acid groups (broad SMARTS) is 1. The molecule has 0 aliphatic heterocycles. The highest BCUT2D eigenvalue weighted by molar-refractivity contribution is 5.93. The molecule has 1 rings (SSSR count). The molecule has 0 bridgehead atoms. The number of aromatic nitrogens is 2. The largest absolute Gasteiger partial charge is 0.480 e. The lowest BCUT2D eigenvalue weighted by molar-refractivity contribution is -0.142. The molecule has 0 spiro atoms. The zero-order valence-corrected chi connectivity index (χ0v) is 19.5. The molecule has 0 saturated heterocycles. The molecular weight excluding hydrogens is 460 g/mol. The lowest BCUT2D eigenvalue weighted by Gasteiger charge is -2.24. The van der Waals surface area contributed by atoms with E-state index in [9.17, 15) is 24.3 Å². The Morgan fingerprint density at radius 2 is 1.60 bits per heavy atom. The number of H-pyrrole nitrogens is 1. The highest BCUT2D eigenvalue weighted by Crippen LogP contribution is 2.06. The molecule has 1 aromatic heterocycles. The fraction of sp³-hybridized carbons (Fsp3) is 0.600. The Morgan fingerprint density at radius 3 is 2.14 bits per heavy atom. The maximum absolute atomic E-state index is 13.0. The van der Waals surface area contributed by atoms with Crippen LogP contribution in [0.3, 0.4) is 0 Å². The molecule has 0 aliphatic rings. The van der Waals surface area contributed by atoms with Crippen molar-refractivity contribution in [3.05, 3.63) is 18.2 Å². The van der Waals surface area contributed by atoms with Crippen LogP contribution in [0.1, 0.15) is 37.8 Å². The van der Waals surface area contributed by atoms with Crippen molar-refractivity contribution in [1.29, 1.82) is 0 Å². The fourth-order valence-corrected chi connectivity index (χ4v) is 3.15. The topological polar surface area (TPSA) is 270 Å². The summed E-state index contributed by atoms with van der Waals surface area (Å²) in [6.07, 6.45) is 4.72. The summed E-state index contributed by atoms with van der Waals surface area (Å²) in [6, 6.07) is -3.31. The van der Waals surface area contributed by atoms with Crippen LogP contribution in [0.15, 0.2) is 17.5 Å². The van der Waals surface area contributed by atoms with Gasteiger partial charge in [0.1, 0.15) is 18.1 Å². The van der Waals surface area contributed by atoms with E-state index in [2.05, 4.69) is 30.9 Å². The average molecular weight is 497 g/mol. The molecule has 0 radical (unpaired) electrons. The molecule has 0 fully saturated rings. The summed E-state index contributed by atoms with van der Waals surface area (Å²) >= 11 is 0. The van der Waals surface area contributed by atoms with E-state index >= 15 is 0 Å². The van der Waals surface area contributed by atoms with Gasteiger partial charge in [-0.1, -0.05) is 0 Å². The van der Waals surface area contributed by atoms with Gasteiger partial charge in [0, 0.05) is 24.9 Å². The standard InChI is InChI=1S/C20H36N10O5/c21-6-2-1-4-13(28-16(31)9-22)17(32)29-14(5-3-7-26-20(23)24)18(33)30-15(19(34)35)8-12-10-25-11-27-12/h10-11,13-15H,1-9,21-22H2,(H,25,27)(H,28,31)(H,29,32)(H,30,33)(H,34,35)(H4,23,24,26). The van der Waals surface area contributed by atoms with Crippen molar-refractivity contribution in [3.8, 4) is 0 Å². The third kappa shape index (κ3) is 11.8. The molecule has 1 heterocycles. The molecule has 0 aromatic carbocycles. The van der Waals surface area contributed by atoms with Crippen LogP contribution in [0.5, 0.6) is 0 Å². The molecule has 13 N–H and O–H groups in total. The number of aliphatic imine (C=N–C) groups is 1. The normalized spacial score (nSPS) is 13.2. The molecule has 3 atom stereocenters. The fourth-order valence-electron chi connectivity index (χ4n) is 3.15. The minimum Gasteiger partial charge on any atom is -0.480 e. The number of carboxylic acids is 1. The molecule has 196 valence electrons. The maximum Gasteiger partial charge on any atom is 0.326 e. The van der Waals surface area contributed by atoms with E-state index in [0.29, 0.717) is 31.5 Å². The molecule has 15 heteroatoms. The number of imidazole rings is 1. The average Bonchev–Trinajstić information content (AvgIpc) is 3.32. The molecule has 3 unspecified atom stereocenters. The first-order chi connectivity index (χ1) is 16.7. The van der Waals surface area contributed by atoms with Crippen LogP contribution in [-0.4, -0.2) is 82.5 Å². The lowest BCUT2D eigenvalue weighted by Crippen LogP contribution is -2.56. The van der Waals surface area contributed by atoms with Gasteiger partial charge >= 0.3 is 5.97 Å². The second kappa shape index (κ2) is 16.0. The van der Waals surface area contributed by atoms with E-state index in [4.69, 9.17) is 22.9 Å². The van der Waals surface area contributed by atoms with E-state index in [1.807, 2.05) is 0 Å².